The molecule has 0 aromatic heterocycles. The zero-order chi connectivity index (χ0) is 19.9. The van der Waals surface area contributed by atoms with Gasteiger partial charge in [0.1, 0.15) is 0 Å². The number of carbonyl (C=O) groups excluding carboxylic acids is 2. The van der Waals surface area contributed by atoms with Gasteiger partial charge in [0.2, 0.25) is 5.91 Å². The molecule has 6 nitrogen and oxygen atoms in total. The van der Waals surface area contributed by atoms with Crippen LogP contribution in [0.1, 0.15) is 34.3 Å². The molecule has 0 radical (unpaired) electrons. The minimum Gasteiger partial charge on any atom is -0.493 e. The van der Waals surface area contributed by atoms with Crippen LogP contribution in [0.3, 0.4) is 0 Å². The van der Waals surface area contributed by atoms with E-state index in [0.717, 1.165) is 37.1 Å². The maximum Gasteiger partial charge on any atom is 0.253 e. The maximum absolute atomic E-state index is 12.4. The molecule has 1 saturated heterocycles. The molecule has 0 unspecified atom stereocenters. The summed E-state index contributed by atoms with van der Waals surface area (Å²) >= 11 is 0. The lowest BCUT2D eigenvalue weighted by molar-refractivity contribution is -0.120. The van der Waals surface area contributed by atoms with Gasteiger partial charge in [-0.2, -0.15) is 0 Å². The van der Waals surface area contributed by atoms with E-state index in [9.17, 15) is 9.59 Å². The first-order chi connectivity index (χ1) is 13.6. The van der Waals surface area contributed by atoms with Gasteiger partial charge in [0.15, 0.2) is 11.5 Å². The third-order valence-electron chi connectivity index (χ3n) is 4.90. The normalized spacial score (nSPS) is 13.3. The zero-order valence-corrected chi connectivity index (χ0v) is 16.4. The van der Waals surface area contributed by atoms with Crippen LogP contribution < -0.4 is 14.8 Å². The van der Waals surface area contributed by atoms with E-state index in [2.05, 4.69) is 5.32 Å². The Bertz CT molecular complexity index is 827. The molecular formula is C22H26N2O4. The molecule has 0 spiro atoms. The van der Waals surface area contributed by atoms with E-state index < -0.39 is 0 Å². The largest absolute Gasteiger partial charge is 0.493 e. The highest BCUT2D eigenvalue weighted by Gasteiger charge is 2.19. The number of hydrogen-bond donors (Lipinski definition) is 1. The Kier molecular flexibility index (Phi) is 6.53. The van der Waals surface area contributed by atoms with Crippen molar-refractivity contribution in [2.75, 3.05) is 27.3 Å². The summed E-state index contributed by atoms with van der Waals surface area (Å²) in [6, 6.07) is 12.9. The van der Waals surface area contributed by atoms with Gasteiger partial charge in [-0.05, 0) is 48.2 Å². The van der Waals surface area contributed by atoms with E-state index in [4.69, 9.17) is 9.47 Å². The highest BCUT2D eigenvalue weighted by molar-refractivity contribution is 5.94. The van der Waals surface area contributed by atoms with Gasteiger partial charge < -0.3 is 19.7 Å². The van der Waals surface area contributed by atoms with Crippen LogP contribution in [0.2, 0.25) is 0 Å². The molecule has 1 aliphatic rings. The van der Waals surface area contributed by atoms with Crippen LogP contribution >= 0.6 is 0 Å². The number of carbonyl (C=O) groups is 2. The van der Waals surface area contributed by atoms with Gasteiger partial charge >= 0.3 is 0 Å². The summed E-state index contributed by atoms with van der Waals surface area (Å²) in [6.07, 6.45) is 2.41. The van der Waals surface area contributed by atoms with Crippen LogP contribution in [0.5, 0.6) is 11.5 Å². The van der Waals surface area contributed by atoms with Crippen LogP contribution in [0.4, 0.5) is 0 Å². The molecule has 0 saturated carbocycles. The van der Waals surface area contributed by atoms with Crippen molar-refractivity contribution < 1.29 is 19.1 Å². The van der Waals surface area contributed by atoms with Crippen molar-refractivity contribution >= 4 is 11.8 Å². The molecule has 6 heteroatoms. The molecule has 0 bridgehead atoms. The van der Waals surface area contributed by atoms with Crippen molar-refractivity contribution in [3.05, 3.63) is 59.2 Å². The van der Waals surface area contributed by atoms with Gasteiger partial charge in [0, 0.05) is 25.2 Å². The number of rotatable bonds is 7. The van der Waals surface area contributed by atoms with E-state index in [1.807, 2.05) is 35.2 Å². The molecule has 1 heterocycles. The molecule has 2 aromatic rings. The summed E-state index contributed by atoms with van der Waals surface area (Å²) in [4.78, 5) is 26.5. The summed E-state index contributed by atoms with van der Waals surface area (Å²) in [6.45, 7) is 2.10. The predicted molar refractivity (Wildman–Crippen MR) is 107 cm³/mol. The first kappa shape index (κ1) is 19.7. The fourth-order valence-electron chi connectivity index (χ4n) is 3.31. The SMILES string of the molecule is COc1ccc(CC(=O)NCc2ccc(C(=O)N3CCCC3)cc2)cc1OC. The minimum atomic E-state index is -0.0792. The second kappa shape index (κ2) is 9.26. The van der Waals surface area contributed by atoms with E-state index in [0.29, 0.717) is 23.6 Å². The Morgan fingerprint density at radius 1 is 0.929 bits per heavy atom. The fraction of sp³-hybridized carbons (Fsp3) is 0.364. The van der Waals surface area contributed by atoms with E-state index >= 15 is 0 Å². The number of likely N-dealkylation sites (tertiary alicyclic amines) is 1. The quantitative estimate of drug-likeness (QED) is 0.800. The maximum atomic E-state index is 12.4. The lowest BCUT2D eigenvalue weighted by Crippen LogP contribution is -2.27. The Morgan fingerprint density at radius 3 is 2.21 bits per heavy atom. The molecule has 1 fully saturated rings. The van der Waals surface area contributed by atoms with Gasteiger partial charge in [-0.25, -0.2) is 0 Å². The van der Waals surface area contributed by atoms with E-state index in [-0.39, 0.29) is 18.2 Å². The first-order valence-electron chi connectivity index (χ1n) is 9.46. The first-order valence-corrected chi connectivity index (χ1v) is 9.46. The highest BCUT2D eigenvalue weighted by atomic mass is 16.5. The standard InChI is InChI=1S/C22H26N2O4/c1-27-19-10-7-17(13-20(19)28-2)14-21(25)23-15-16-5-8-18(9-6-16)22(26)24-11-3-4-12-24/h5-10,13H,3-4,11-12,14-15H2,1-2H3,(H,23,25). The molecule has 3 rings (SSSR count). The van der Waals surface area contributed by atoms with Crippen molar-refractivity contribution in [2.45, 2.75) is 25.8 Å². The van der Waals surface area contributed by atoms with Crippen LogP contribution in [0.15, 0.2) is 42.5 Å². The Hall–Kier alpha value is -3.02. The van der Waals surface area contributed by atoms with Crippen LogP contribution in [-0.4, -0.2) is 44.0 Å². The summed E-state index contributed by atoms with van der Waals surface area (Å²) in [5.41, 5.74) is 2.50. The molecule has 1 aliphatic heterocycles. The lowest BCUT2D eigenvalue weighted by atomic mass is 10.1. The van der Waals surface area contributed by atoms with Crippen molar-refractivity contribution in [3.63, 3.8) is 0 Å². The average Bonchev–Trinajstić information content (AvgIpc) is 3.27. The second-order valence-corrected chi connectivity index (χ2v) is 6.84. The summed E-state index contributed by atoms with van der Waals surface area (Å²) in [5.74, 6) is 1.24. The fourth-order valence-corrected chi connectivity index (χ4v) is 3.31. The highest BCUT2D eigenvalue weighted by Crippen LogP contribution is 2.27. The van der Waals surface area contributed by atoms with Crippen LogP contribution in [-0.2, 0) is 17.8 Å². The number of benzene rings is 2. The number of hydrogen-bond acceptors (Lipinski definition) is 4. The van der Waals surface area contributed by atoms with Gasteiger partial charge in [-0.3, -0.25) is 9.59 Å². The molecule has 0 atom stereocenters. The number of nitrogens with one attached hydrogen (secondary N) is 1. The van der Waals surface area contributed by atoms with E-state index in [1.54, 1.807) is 26.4 Å². The third kappa shape index (κ3) is 4.82. The predicted octanol–water partition coefficient (Wildman–Crippen LogP) is 2.80. The lowest BCUT2D eigenvalue weighted by Gasteiger charge is -2.15. The Balaban J connectivity index is 1.52. The summed E-state index contributed by atoms with van der Waals surface area (Å²) in [7, 11) is 3.15. The smallest absolute Gasteiger partial charge is 0.253 e. The number of nitrogens with zero attached hydrogens (tertiary/aromatic N) is 1. The zero-order valence-electron chi connectivity index (χ0n) is 16.4. The summed E-state index contributed by atoms with van der Waals surface area (Å²) < 4.78 is 10.5. The Labute approximate surface area is 165 Å². The van der Waals surface area contributed by atoms with Gasteiger partial charge in [0.05, 0.1) is 20.6 Å². The van der Waals surface area contributed by atoms with Crippen molar-refractivity contribution in [2.24, 2.45) is 0 Å². The molecule has 0 aliphatic carbocycles. The molecule has 2 amide bonds. The van der Waals surface area contributed by atoms with Crippen LogP contribution in [0.25, 0.3) is 0 Å². The molecule has 148 valence electrons. The Morgan fingerprint density at radius 2 is 1.57 bits per heavy atom. The summed E-state index contributed by atoms with van der Waals surface area (Å²) in [5, 5.41) is 2.91. The molecule has 2 aromatic carbocycles. The minimum absolute atomic E-state index is 0.0792. The molecular weight excluding hydrogens is 356 g/mol. The topological polar surface area (TPSA) is 67.9 Å². The number of ether oxygens (including phenoxy) is 2. The van der Waals surface area contributed by atoms with Gasteiger partial charge in [-0.1, -0.05) is 18.2 Å². The van der Waals surface area contributed by atoms with Crippen molar-refractivity contribution in [1.29, 1.82) is 0 Å². The molecule has 1 N–H and O–H groups in total. The van der Waals surface area contributed by atoms with Gasteiger partial charge in [-0.15, -0.1) is 0 Å². The van der Waals surface area contributed by atoms with Gasteiger partial charge in [0.25, 0.3) is 5.91 Å². The van der Waals surface area contributed by atoms with E-state index in [1.165, 1.54) is 0 Å². The van der Waals surface area contributed by atoms with Crippen molar-refractivity contribution in [1.82, 2.24) is 10.2 Å². The average molecular weight is 382 g/mol. The monoisotopic (exact) mass is 382 g/mol. The molecule has 28 heavy (non-hydrogen) atoms. The third-order valence-corrected chi connectivity index (χ3v) is 4.90. The second-order valence-electron chi connectivity index (χ2n) is 6.84. The van der Waals surface area contributed by atoms with Crippen LogP contribution in [0, 0.1) is 0 Å². The number of methoxy groups -OCH3 is 2. The van der Waals surface area contributed by atoms with Crippen molar-refractivity contribution in [3.8, 4) is 11.5 Å². The number of amides is 2.